The van der Waals surface area contributed by atoms with Crippen LogP contribution >= 0.6 is 0 Å². The van der Waals surface area contributed by atoms with Gasteiger partial charge in [-0.2, -0.15) is 0 Å². The van der Waals surface area contributed by atoms with Gasteiger partial charge < -0.3 is 9.16 Å². The Balaban J connectivity index is 2.97. The maximum absolute atomic E-state index is 13.2. The van der Waals surface area contributed by atoms with Gasteiger partial charge in [0.05, 0.1) is 15.6 Å². The van der Waals surface area contributed by atoms with Crippen molar-refractivity contribution in [3.63, 3.8) is 0 Å². The maximum atomic E-state index is 13.2. The number of carbonyl (C=O) groups excluding carboxylic acids is 1. The van der Waals surface area contributed by atoms with Gasteiger partial charge in [0, 0.05) is 18.7 Å². The van der Waals surface area contributed by atoms with E-state index in [1.54, 1.807) is 26.8 Å². The summed E-state index contributed by atoms with van der Waals surface area (Å²) < 4.78 is 38.4. The molecular formula is C24H38N2O7SSi. The van der Waals surface area contributed by atoms with Crippen LogP contribution in [0.1, 0.15) is 54.4 Å². The normalized spacial score (nSPS) is 12.9. The first kappa shape index (κ1) is 30.4. The first-order valence-corrected chi connectivity index (χ1v) is 15.7. The van der Waals surface area contributed by atoms with Crippen molar-refractivity contribution in [1.29, 1.82) is 0 Å². The molecule has 1 rings (SSSR count). The van der Waals surface area contributed by atoms with Crippen molar-refractivity contribution in [3.05, 3.63) is 58.9 Å². The third kappa shape index (κ3) is 9.13. The molecule has 0 aliphatic carbocycles. The molecule has 35 heavy (non-hydrogen) atoms. The highest BCUT2D eigenvalue weighted by Crippen LogP contribution is 2.37. The molecule has 0 aromatic heterocycles. The van der Waals surface area contributed by atoms with Crippen LogP contribution in [0.5, 0.6) is 0 Å². The highest BCUT2D eigenvalue weighted by atomic mass is 32.2. The number of benzene rings is 1. The molecule has 0 saturated heterocycles. The number of sulfonamides is 1. The number of non-ortho nitro benzene ring substituents is 1. The van der Waals surface area contributed by atoms with Gasteiger partial charge in [-0.05, 0) is 70.0 Å². The molecule has 196 valence electrons. The van der Waals surface area contributed by atoms with Crippen molar-refractivity contribution in [3.8, 4) is 0 Å². The zero-order valence-electron chi connectivity index (χ0n) is 22.0. The van der Waals surface area contributed by atoms with Gasteiger partial charge in [-0.25, -0.2) is 17.5 Å². The fourth-order valence-electron chi connectivity index (χ4n) is 2.57. The molecule has 9 nitrogen and oxygen atoms in total. The molecule has 0 bridgehead atoms. The van der Waals surface area contributed by atoms with Crippen molar-refractivity contribution in [2.45, 2.75) is 83.0 Å². The Bertz CT molecular complexity index is 1050. The number of amides is 1. The number of allylic oxidation sites excluding steroid dienone is 2. The molecule has 0 spiro atoms. The van der Waals surface area contributed by atoms with Gasteiger partial charge in [0.15, 0.2) is 0 Å². The number of unbranched alkanes of at least 4 members (excludes halogenated alkanes) is 1. The van der Waals surface area contributed by atoms with E-state index in [9.17, 15) is 23.3 Å². The molecule has 0 aliphatic heterocycles. The van der Waals surface area contributed by atoms with Crippen molar-refractivity contribution in [2.75, 3.05) is 6.54 Å². The van der Waals surface area contributed by atoms with E-state index in [1.165, 1.54) is 0 Å². The number of rotatable bonds is 10. The van der Waals surface area contributed by atoms with Crippen LogP contribution in [0.2, 0.25) is 18.1 Å². The Morgan fingerprint density at radius 3 is 2.14 bits per heavy atom. The summed E-state index contributed by atoms with van der Waals surface area (Å²) in [5.74, 6) is 0.541. The largest absolute Gasteiger partial charge is 0.544 e. The molecule has 11 heteroatoms. The molecule has 0 atom stereocenters. The second-order valence-corrected chi connectivity index (χ2v) is 17.3. The molecule has 0 saturated carbocycles. The van der Waals surface area contributed by atoms with Crippen LogP contribution in [0, 0.1) is 10.1 Å². The quantitative estimate of drug-likeness (QED) is 0.0865. The van der Waals surface area contributed by atoms with E-state index in [0.29, 0.717) is 22.9 Å². The maximum Gasteiger partial charge on any atom is 0.424 e. The second kappa shape index (κ2) is 11.4. The summed E-state index contributed by atoms with van der Waals surface area (Å²) in [6.45, 7) is 19.4. The number of carbonyl (C=O) groups is 1. The van der Waals surface area contributed by atoms with Gasteiger partial charge in [0.2, 0.25) is 8.32 Å². The summed E-state index contributed by atoms with van der Waals surface area (Å²) in [6, 6.07) is 4.37. The Hall–Kier alpha value is -2.66. The predicted octanol–water partition coefficient (Wildman–Crippen LogP) is 6.39. The van der Waals surface area contributed by atoms with Crippen molar-refractivity contribution < 1.29 is 27.3 Å². The standard InChI is InChI=1S/C24H38N2O7SSi/c1-19(33-35(8,9)24(5,6)7)13-11-10-12-18-25(22(27)32-23(2,3)4)34(30,31)21-16-14-20(15-17-21)26(28)29/h11,13-17H,1,10,12,18H2,2-9H3/b13-11+. The summed E-state index contributed by atoms with van der Waals surface area (Å²) in [5.41, 5.74) is -1.16. The fourth-order valence-corrected chi connectivity index (χ4v) is 4.94. The Labute approximate surface area is 210 Å². The summed E-state index contributed by atoms with van der Waals surface area (Å²) in [5, 5.41) is 10.9. The van der Waals surface area contributed by atoms with Crippen molar-refractivity contribution >= 4 is 30.1 Å². The number of nitro groups is 1. The third-order valence-corrected chi connectivity index (χ3v) is 11.6. The zero-order valence-corrected chi connectivity index (χ0v) is 23.8. The van der Waals surface area contributed by atoms with E-state index in [0.717, 1.165) is 24.3 Å². The highest BCUT2D eigenvalue weighted by Gasteiger charge is 2.39. The van der Waals surface area contributed by atoms with Crippen LogP contribution in [0.3, 0.4) is 0 Å². The van der Waals surface area contributed by atoms with Crippen LogP contribution in [0.25, 0.3) is 0 Å². The molecule has 0 heterocycles. The number of hydrogen-bond acceptors (Lipinski definition) is 7. The Morgan fingerprint density at radius 1 is 1.14 bits per heavy atom. The van der Waals surface area contributed by atoms with Crippen LogP contribution in [-0.2, 0) is 19.2 Å². The molecule has 1 aromatic carbocycles. The zero-order chi connectivity index (χ0) is 27.2. The van der Waals surface area contributed by atoms with E-state index in [1.807, 2.05) is 6.08 Å². The van der Waals surface area contributed by atoms with E-state index in [4.69, 9.17) is 9.16 Å². The molecule has 0 N–H and O–H groups in total. The van der Waals surface area contributed by atoms with Gasteiger partial charge in [0.25, 0.3) is 15.7 Å². The Morgan fingerprint density at radius 2 is 1.69 bits per heavy atom. The molecule has 0 unspecified atom stereocenters. The molecule has 0 aliphatic rings. The van der Waals surface area contributed by atoms with Gasteiger partial charge in [-0.3, -0.25) is 10.1 Å². The lowest BCUT2D eigenvalue weighted by Gasteiger charge is -2.36. The summed E-state index contributed by atoms with van der Waals surface area (Å²) in [4.78, 5) is 22.8. The number of ether oxygens (including phenoxy) is 1. The molecular weight excluding hydrogens is 488 g/mol. The molecule has 0 radical (unpaired) electrons. The monoisotopic (exact) mass is 526 g/mol. The average Bonchev–Trinajstić information content (AvgIpc) is 2.67. The summed E-state index contributed by atoms with van der Waals surface area (Å²) in [6.07, 6.45) is 3.36. The number of hydrogen-bond donors (Lipinski definition) is 0. The smallest absolute Gasteiger partial charge is 0.424 e. The van der Waals surface area contributed by atoms with E-state index in [2.05, 4.69) is 40.4 Å². The van der Waals surface area contributed by atoms with E-state index < -0.39 is 35.0 Å². The van der Waals surface area contributed by atoms with Crippen LogP contribution in [0.15, 0.2) is 53.7 Å². The minimum Gasteiger partial charge on any atom is -0.544 e. The SMILES string of the molecule is C=C(/C=C/CCCN(C(=O)OC(C)(C)C)S(=O)(=O)c1ccc([N+](=O)[O-])cc1)O[Si](C)(C)C(C)(C)C. The lowest BCUT2D eigenvalue weighted by atomic mass is 10.2. The second-order valence-electron chi connectivity index (χ2n) is 10.7. The first-order chi connectivity index (χ1) is 15.8. The molecule has 1 amide bonds. The summed E-state index contributed by atoms with van der Waals surface area (Å²) >= 11 is 0. The van der Waals surface area contributed by atoms with Crippen LogP contribution < -0.4 is 0 Å². The van der Waals surface area contributed by atoms with Crippen LogP contribution in [0.4, 0.5) is 10.5 Å². The predicted molar refractivity (Wildman–Crippen MR) is 139 cm³/mol. The fraction of sp³-hybridized carbons (Fsp3) is 0.542. The molecule has 1 aromatic rings. The minimum atomic E-state index is -4.28. The Kier molecular flexibility index (Phi) is 9.88. The van der Waals surface area contributed by atoms with Gasteiger partial charge in [-0.1, -0.05) is 33.4 Å². The van der Waals surface area contributed by atoms with Crippen LogP contribution in [-0.4, -0.2) is 44.2 Å². The average molecular weight is 527 g/mol. The van der Waals surface area contributed by atoms with Gasteiger partial charge in [-0.15, -0.1) is 0 Å². The van der Waals surface area contributed by atoms with E-state index >= 15 is 0 Å². The van der Waals surface area contributed by atoms with Crippen molar-refractivity contribution in [1.82, 2.24) is 4.31 Å². The summed E-state index contributed by atoms with van der Waals surface area (Å²) in [7, 11) is -6.29. The number of nitrogens with zero attached hydrogens (tertiary/aromatic N) is 2. The lowest BCUT2D eigenvalue weighted by Crippen LogP contribution is -2.41. The van der Waals surface area contributed by atoms with Gasteiger partial charge in [0.1, 0.15) is 5.60 Å². The third-order valence-electron chi connectivity index (χ3n) is 5.46. The number of nitro benzene ring substituents is 1. The minimum absolute atomic E-state index is 0.0317. The topological polar surface area (TPSA) is 116 Å². The van der Waals surface area contributed by atoms with E-state index in [-0.39, 0.29) is 22.2 Å². The highest BCUT2D eigenvalue weighted by molar-refractivity contribution is 7.89. The lowest BCUT2D eigenvalue weighted by molar-refractivity contribution is -0.384. The molecule has 0 fully saturated rings. The first-order valence-electron chi connectivity index (χ1n) is 11.3. The van der Waals surface area contributed by atoms with Crippen molar-refractivity contribution in [2.24, 2.45) is 0 Å². The van der Waals surface area contributed by atoms with Gasteiger partial charge >= 0.3 is 6.09 Å².